The van der Waals surface area contributed by atoms with Crippen LogP contribution < -0.4 is 20.7 Å². The number of ether oxygens (including phenoxy) is 1. The van der Waals surface area contributed by atoms with Crippen LogP contribution in [0.1, 0.15) is 110 Å². The van der Waals surface area contributed by atoms with Crippen LogP contribution in [0, 0.1) is 0 Å². The van der Waals surface area contributed by atoms with Crippen molar-refractivity contribution in [2.45, 2.75) is 120 Å². The van der Waals surface area contributed by atoms with Crippen LogP contribution in [-0.4, -0.2) is 28.1 Å². The average molecular weight is 595 g/mol. The largest absolute Gasteiger partial charge is 0.495 e. The number of benzene rings is 1. The van der Waals surface area contributed by atoms with E-state index < -0.39 is 9.96 Å². The van der Waals surface area contributed by atoms with Crippen molar-refractivity contribution >= 4 is 63.7 Å². The molecule has 0 bridgehead atoms. The molecule has 0 radical (unpaired) electrons. The molecule has 1 amide bonds. The van der Waals surface area contributed by atoms with E-state index >= 15 is 0 Å². The van der Waals surface area contributed by atoms with Crippen molar-refractivity contribution in [3.8, 4) is 5.75 Å². The average Bonchev–Trinajstić information content (AvgIpc) is 2.85. The van der Waals surface area contributed by atoms with Gasteiger partial charge in [-0.1, -0.05) is 144 Å². The molecule has 0 saturated heterocycles. The molecule has 1 unspecified atom stereocenters. The molecule has 0 saturated carbocycles. The SMILES string of the molecule is CCCCCCCCCCCCCCCCCC(=O)NC(NC(=S)Nc1ccccc1OC)C(Cl)(Cl)Cl. The van der Waals surface area contributed by atoms with Crippen LogP contribution in [0.4, 0.5) is 5.69 Å². The predicted octanol–water partition coefficient (Wildman–Crippen LogP) is 9.06. The maximum atomic E-state index is 12.5. The van der Waals surface area contributed by atoms with Gasteiger partial charge in [0.2, 0.25) is 9.70 Å². The third kappa shape index (κ3) is 17.3. The lowest BCUT2D eigenvalue weighted by Gasteiger charge is -2.28. The van der Waals surface area contributed by atoms with Gasteiger partial charge in [-0.3, -0.25) is 4.79 Å². The van der Waals surface area contributed by atoms with Gasteiger partial charge in [0, 0.05) is 6.42 Å². The van der Waals surface area contributed by atoms with Crippen molar-refractivity contribution in [2.24, 2.45) is 0 Å². The Bertz CT molecular complexity index is 762. The van der Waals surface area contributed by atoms with Crippen LogP contribution in [0.25, 0.3) is 0 Å². The third-order valence-electron chi connectivity index (χ3n) is 6.27. The zero-order chi connectivity index (χ0) is 27.4. The number of hydrogen-bond acceptors (Lipinski definition) is 3. The summed E-state index contributed by atoms with van der Waals surface area (Å²) < 4.78 is 3.52. The summed E-state index contributed by atoms with van der Waals surface area (Å²) in [4.78, 5) is 12.5. The number of para-hydroxylation sites is 2. The van der Waals surface area contributed by atoms with Crippen molar-refractivity contribution in [3.63, 3.8) is 0 Å². The Balaban J connectivity index is 2.16. The Morgan fingerprint density at radius 3 is 1.81 bits per heavy atom. The van der Waals surface area contributed by atoms with Gasteiger partial charge in [0.25, 0.3) is 0 Å². The molecule has 0 heterocycles. The first-order valence-electron chi connectivity index (χ1n) is 13.8. The van der Waals surface area contributed by atoms with Gasteiger partial charge in [-0.05, 0) is 30.8 Å². The van der Waals surface area contributed by atoms with Gasteiger partial charge in [0.1, 0.15) is 11.9 Å². The van der Waals surface area contributed by atoms with Crippen LogP contribution >= 0.6 is 47.0 Å². The number of unbranched alkanes of at least 4 members (excludes halogenated alkanes) is 14. The molecule has 0 spiro atoms. The molecule has 5 nitrogen and oxygen atoms in total. The van der Waals surface area contributed by atoms with Gasteiger partial charge >= 0.3 is 0 Å². The van der Waals surface area contributed by atoms with Gasteiger partial charge in [-0.2, -0.15) is 0 Å². The van der Waals surface area contributed by atoms with E-state index in [2.05, 4.69) is 22.9 Å². The summed E-state index contributed by atoms with van der Waals surface area (Å²) in [6.45, 7) is 2.26. The minimum absolute atomic E-state index is 0.182. The van der Waals surface area contributed by atoms with Gasteiger partial charge in [-0.15, -0.1) is 0 Å². The highest BCUT2D eigenvalue weighted by atomic mass is 35.6. The van der Waals surface area contributed by atoms with Crippen LogP contribution in [0.15, 0.2) is 24.3 Å². The molecule has 0 aliphatic rings. The first-order chi connectivity index (χ1) is 17.8. The van der Waals surface area contributed by atoms with E-state index in [0.29, 0.717) is 17.9 Å². The second-order valence-electron chi connectivity index (χ2n) is 9.54. The lowest BCUT2D eigenvalue weighted by molar-refractivity contribution is -0.122. The molecule has 1 aromatic rings. The molecule has 0 aromatic heterocycles. The first-order valence-corrected chi connectivity index (χ1v) is 15.4. The molecule has 1 atom stereocenters. The molecule has 9 heteroatoms. The number of carbonyl (C=O) groups excluding carboxylic acids is 1. The summed E-state index contributed by atoms with van der Waals surface area (Å²) in [6, 6.07) is 7.31. The van der Waals surface area contributed by atoms with E-state index in [1.165, 1.54) is 77.0 Å². The van der Waals surface area contributed by atoms with E-state index in [-0.39, 0.29) is 11.0 Å². The summed E-state index contributed by atoms with van der Waals surface area (Å²) in [6.07, 6.45) is 18.6. The number of hydrogen-bond donors (Lipinski definition) is 3. The summed E-state index contributed by atoms with van der Waals surface area (Å²) in [5.41, 5.74) is 0.662. The van der Waals surface area contributed by atoms with Gasteiger partial charge in [0.05, 0.1) is 12.8 Å². The third-order valence-corrected chi connectivity index (χ3v) is 7.15. The second kappa shape index (κ2) is 20.9. The quantitative estimate of drug-likeness (QED) is 0.0608. The van der Waals surface area contributed by atoms with E-state index in [1.54, 1.807) is 13.2 Å². The fourth-order valence-corrected chi connectivity index (χ4v) is 4.68. The number of methoxy groups -OCH3 is 1. The molecule has 0 fully saturated rings. The summed E-state index contributed by atoms with van der Waals surface area (Å²) in [5.74, 6) is 0.438. The number of rotatable bonds is 20. The number of alkyl halides is 3. The smallest absolute Gasteiger partial charge is 0.228 e. The molecule has 0 aliphatic heterocycles. The highest BCUT2D eigenvalue weighted by molar-refractivity contribution is 7.80. The molecule has 212 valence electrons. The Kier molecular flexibility index (Phi) is 19.3. The van der Waals surface area contributed by atoms with Crippen LogP contribution in [0.2, 0.25) is 0 Å². The maximum absolute atomic E-state index is 12.5. The molecular formula is C28H46Cl3N3O2S. The molecule has 3 N–H and O–H groups in total. The van der Waals surface area contributed by atoms with E-state index in [4.69, 9.17) is 51.8 Å². The summed E-state index contributed by atoms with van der Waals surface area (Å²) in [7, 11) is 1.57. The minimum Gasteiger partial charge on any atom is -0.495 e. The van der Waals surface area contributed by atoms with Crippen molar-refractivity contribution in [3.05, 3.63) is 24.3 Å². The molecule has 0 aliphatic carbocycles. The lowest BCUT2D eigenvalue weighted by atomic mass is 10.0. The Morgan fingerprint density at radius 1 is 0.838 bits per heavy atom. The van der Waals surface area contributed by atoms with Crippen LogP contribution in [-0.2, 0) is 4.79 Å². The van der Waals surface area contributed by atoms with Crippen molar-refractivity contribution in [2.75, 3.05) is 12.4 Å². The molecule has 37 heavy (non-hydrogen) atoms. The predicted molar refractivity (Wildman–Crippen MR) is 164 cm³/mol. The highest BCUT2D eigenvalue weighted by Crippen LogP contribution is 2.29. The summed E-state index contributed by atoms with van der Waals surface area (Å²) >= 11 is 23.6. The standard InChI is InChI=1S/C28H46Cl3N3O2S/c1-3-4-5-6-7-8-9-10-11-12-13-14-15-16-17-22-25(35)33-26(28(29,30)31)34-27(37)32-23-20-18-19-21-24(23)36-2/h18-21,26H,3-17,22H2,1-2H3,(H,33,35)(H2,32,34,37). The highest BCUT2D eigenvalue weighted by Gasteiger charge is 2.34. The first kappa shape index (κ1) is 34.1. The normalized spacial score (nSPS) is 12.1. The number of halogens is 3. The topological polar surface area (TPSA) is 62.4 Å². The van der Waals surface area contributed by atoms with Crippen molar-refractivity contribution in [1.29, 1.82) is 0 Å². The van der Waals surface area contributed by atoms with E-state index in [1.807, 2.05) is 18.2 Å². The lowest BCUT2D eigenvalue weighted by Crippen LogP contribution is -2.56. The maximum Gasteiger partial charge on any atom is 0.228 e. The minimum atomic E-state index is -1.78. The number of anilines is 1. The van der Waals surface area contributed by atoms with Crippen LogP contribution in [0.3, 0.4) is 0 Å². The fraction of sp³-hybridized carbons (Fsp3) is 0.714. The monoisotopic (exact) mass is 593 g/mol. The van der Waals surface area contributed by atoms with Gasteiger partial charge < -0.3 is 20.7 Å². The molecule has 1 rings (SSSR count). The number of carbonyl (C=O) groups is 1. The molecular weight excluding hydrogens is 549 g/mol. The van der Waals surface area contributed by atoms with Crippen LogP contribution in [0.5, 0.6) is 5.75 Å². The summed E-state index contributed by atoms with van der Waals surface area (Å²) in [5, 5.41) is 8.83. The Labute approximate surface area is 245 Å². The van der Waals surface area contributed by atoms with Crippen molar-refractivity contribution in [1.82, 2.24) is 10.6 Å². The van der Waals surface area contributed by atoms with E-state index in [0.717, 1.165) is 19.3 Å². The van der Waals surface area contributed by atoms with E-state index in [9.17, 15) is 4.79 Å². The fourth-order valence-electron chi connectivity index (χ4n) is 4.13. The Hall–Kier alpha value is -0.950. The van der Waals surface area contributed by atoms with Crippen molar-refractivity contribution < 1.29 is 9.53 Å². The van der Waals surface area contributed by atoms with Gasteiger partial charge in [0.15, 0.2) is 5.11 Å². The molecule has 1 aromatic carbocycles. The number of amides is 1. The number of thiocarbonyl (C=S) groups is 1. The zero-order valence-corrected chi connectivity index (χ0v) is 25.6. The van der Waals surface area contributed by atoms with Gasteiger partial charge in [-0.25, -0.2) is 0 Å². The number of nitrogens with one attached hydrogen (secondary N) is 3. The zero-order valence-electron chi connectivity index (χ0n) is 22.6. The Morgan fingerprint density at radius 2 is 1.32 bits per heavy atom. The second-order valence-corrected chi connectivity index (χ2v) is 12.3.